The Labute approximate surface area is 252 Å². The zero-order chi connectivity index (χ0) is 30.5. The van der Waals surface area contributed by atoms with E-state index >= 15 is 0 Å². The lowest BCUT2D eigenvalue weighted by Crippen LogP contribution is -2.49. The van der Waals surface area contributed by atoms with Crippen molar-refractivity contribution in [3.8, 4) is 5.75 Å². The zero-order valence-corrected chi connectivity index (χ0v) is 27.1. The van der Waals surface area contributed by atoms with Crippen molar-refractivity contribution in [1.82, 2.24) is 9.79 Å². The van der Waals surface area contributed by atoms with Crippen LogP contribution >= 0.6 is 0 Å². The minimum absolute atomic E-state index is 0.0359. The summed E-state index contributed by atoms with van der Waals surface area (Å²) in [5.74, 6) is 0.579. The van der Waals surface area contributed by atoms with E-state index < -0.39 is 15.4 Å². The summed E-state index contributed by atoms with van der Waals surface area (Å²) in [6, 6.07) is 17.9. The van der Waals surface area contributed by atoms with Gasteiger partial charge in [0, 0.05) is 25.5 Å². The average Bonchev–Trinajstić information content (AvgIpc) is 2.96. The number of esters is 1. The Morgan fingerprint density at radius 1 is 1.17 bits per heavy atom. The molecule has 2 aromatic carbocycles. The summed E-state index contributed by atoms with van der Waals surface area (Å²) in [4.78, 5) is 18.1. The molecule has 1 aliphatic rings. The number of aromatic nitrogens is 1. The molecule has 0 spiro atoms. The van der Waals surface area contributed by atoms with Gasteiger partial charge in [0.25, 0.3) is 0 Å². The van der Waals surface area contributed by atoms with Crippen LogP contribution in [-0.2, 0) is 22.0 Å². The molecule has 0 saturated heterocycles. The molecule has 42 heavy (non-hydrogen) atoms. The first-order chi connectivity index (χ1) is 19.9. The monoisotopic (exact) mass is 588 g/mol. The standard InChI is InChI=1S/C33H45BN2O5Si/c1-33(2,3)42(6,7)41-31(28-9-8-18-35-21-28)23-36(34(4)38)22-29-16-15-27-20-25(12-17-30(27)40-29)19-24-10-13-26(14-11-24)32(37)39-5/h8-14,17-18,20-21,29,31,38H,15-16,19,22-23H2,1-7H3/t29-,31-/m1/s1. The number of aryl methyl sites for hydroxylation is 1. The SMILES string of the molecule is COC(=O)c1ccc(Cc2ccc3c(c2)CC[C@H](CN(C[C@@H](O[Si](C)(C)C(C)(C)C)c2cccnc2)B(C)O)O3)cc1. The van der Waals surface area contributed by atoms with Gasteiger partial charge in [-0.25, -0.2) is 4.79 Å². The van der Waals surface area contributed by atoms with Crippen molar-refractivity contribution < 1.29 is 23.7 Å². The van der Waals surface area contributed by atoms with Gasteiger partial charge in [-0.1, -0.05) is 51.1 Å². The molecular formula is C33H45BN2O5Si. The van der Waals surface area contributed by atoms with Crippen LogP contribution < -0.4 is 4.74 Å². The molecule has 4 rings (SSSR count). The van der Waals surface area contributed by atoms with Crippen molar-refractivity contribution in [2.75, 3.05) is 20.2 Å². The second-order valence-corrected chi connectivity index (χ2v) is 17.6. The predicted molar refractivity (Wildman–Crippen MR) is 170 cm³/mol. The van der Waals surface area contributed by atoms with Crippen LogP contribution in [0, 0.1) is 0 Å². The number of hydrogen-bond donors (Lipinski definition) is 1. The van der Waals surface area contributed by atoms with Crippen molar-refractivity contribution in [1.29, 1.82) is 0 Å². The molecule has 0 unspecified atom stereocenters. The maximum atomic E-state index is 11.7. The normalized spacial score (nSPS) is 16.0. The van der Waals surface area contributed by atoms with Crippen LogP contribution in [0.5, 0.6) is 5.75 Å². The molecule has 1 N–H and O–H groups in total. The highest BCUT2D eigenvalue weighted by atomic mass is 28.4. The lowest BCUT2D eigenvalue weighted by Gasteiger charge is -2.41. The van der Waals surface area contributed by atoms with E-state index in [1.807, 2.05) is 31.2 Å². The third kappa shape index (κ3) is 8.10. The zero-order valence-electron chi connectivity index (χ0n) is 26.1. The highest BCUT2D eigenvalue weighted by molar-refractivity contribution is 6.74. The molecule has 2 atom stereocenters. The summed E-state index contributed by atoms with van der Waals surface area (Å²) in [5.41, 5.74) is 5.11. The van der Waals surface area contributed by atoms with Crippen molar-refractivity contribution >= 4 is 21.3 Å². The molecule has 7 nitrogen and oxygen atoms in total. The van der Waals surface area contributed by atoms with Gasteiger partial charge in [0.2, 0.25) is 0 Å². The average molecular weight is 589 g/mol. The highest BCUT2D eigenvalue weighted by Crippen LogP contribution is 2.40. The Balaban J connectivity index is 1.43. The topological polar surface area (TPSA) is 81.1 Å². The first-order valence-electron chi connectivity index (χ1n) is 14.8. The number of nitrogens with zero attached hydrogens (tertiary/aromatic N) is 2. The van der Waals surface area contributed by atoms with Gasteiger partial charge >= 0.3 is 13.0 Å². The summed E-state index contributed by atoms with van der Waals surface area (Å²) in [6.45, 7) is 14.2. The van der Waals surface area contributed by atoms with E-state index in [1.54, 1.807) is 18.3 Å². The Morgan fingerprint density at radius 3 is 2.50 bits per heavy atom. The molecule has 224 valence electrons. The Bertz CT molecular complexity index is 1330. The van der Waals surface area contributed by atoms with Crippen LogP contribution in [0.3, 0.4) is 0 Å². The third-order valence-corrected chi connectivity index (χ3v) is 13.1. The summed E-state index contributed by atoms with van der Waals surface area (Å²) in [5, 5.41) is 10.9. The Hall–Kier alpha value is -2.98. The number of hydrogen-bond acceptors (Lipinski definition) is 7. The van der Waals surface area contributed by atoms with Crippen molar-refractivity contribution in [3.63, 3.8) is 0 Å². The fraction of sp³-hybridized carbons (Fsp3) is 0.455. The van der Waals surface area contributed by atoms with Crippen molar-refractivity contribution in [2.24, 2.45) is 0 Å². The van der Waals surface area contributed by atoms with Gasteiger partial charge in [-0.05, 0) is 90.7 Å². The first-order valence-corrected chi connectivity index (χ1v) is 17.7. The number of benzene rings is 2. The van der Waals surface area contributed by atoms with E-state index in [1.165, 1.54) is 18.2 Å². The number of pyridine rings is 1. The van der Waals surface area contributed by atoms with Gasteiger partial charge in [-0.2, -0.15) is 0 Å². The number of fused-ring (bicyclic) bond motifs is 1. The third-order valence-electron chi connectivity index (χ3n) is 8.60. The van der Waals surface area contributed by atoms with Gasteiger partial charge < -0.3 is 23.7 Å². The summed E-state index contributed by atoms with van der Waals surface area (Å²) in [6.07, 6.45) is 5.97. The molecule has 0 saturated carbocycles. The largest absolute Gasteiger partial charge is 0.489 e. The van der Waals surface area contributed by atoms with Crippen molar-refractivity contribution in [2.45, 2.75) is 77.2 Å². The van der Waals surface area contributed by atoms with Gasteiger partial charge in [0.1, 0.15) is 11.9 Å². The second kappa shape index (κ2) is 13.5. The lowest BCUT2D eigenvalue weighted by atomic mass is 9.83. The second-order valence-electron chi connectivity index (χ2n) is 12.8. The highest BCUT2D eigenvalue weighted by Gasteiger charge is 2.40. The smallest absolute Gasteiger partial charge is 0.376 e. The number of ether oxygens (including phenoxy) is 2. The minimum atomic E-state index is -2.08. The van der Waals surface area contributed by atoms with E-state index in [0.29, 0.717) is 18.7 Å². The number of rotatable bonds is 11. The molecular weight excluding hydrogens is 543 g/mol. The number of carbonyl (C=O) groups is 1. The maximum Gasteiger partial charge on any atom is 0.376 e. The van der Waals surface area contributed by atoms with Crippen LogP contribution in [0.4, 0.5) is 0 Å². The molecule has 1 aliphatic heterocycles. The van der Waals surface area contributed by atoms with Gasteiger partial charge in [-0.15, -0.1) is 0 Å². The van der Waals surface area contributed by atoms with E-state index in [4.69, 9.17) is 13.9 Å². The summed E-state index contributed by atoms with van der Waals surface area (Å²) < 4.78 is 18.1. The summed E-state index contributed by atoms with van der Waals surface area (Å²) >= 11 is 0. The molecule has 0 radical (unpaired) electrons. The van der Waals surface area contributed by atoms with E-state index in [9.17, 15) is 9.82 Å². The fourth-order valence-corrected chi connectivity index (χ4v) is 6.29. The quantitative estimate of drug-likeness (QED) is 0.207. The molecule has 1 aromatic heterocycles. The molecule has 3 aromatic rings. The molecule has 0 fully saturated rings. The first kappa shape index (κ1) is 31.9. The Morgan fingerprint density at radius 2 is 1.88 bits per heavy atom. The number of carbonyl (C=O) groups excluding carboxylic acids is 1. The van der Waals surface area contributed by atoms with Crippen LogP contribution in [-0.4, -0.2) is 62.5 Å². The maximum absolute atomic E-state index is 11.7. The van der Waals surface area contributed by atoms with Crippen LogP contribution in [0.25, 0.3) is 0 Å². The molecule has 0 amide bonds. The number of methoxy groups -OCH3 is 1. The molecule has 9 heteroatoms. The van der Waals surface area contributed by atoms with Crippen molar-refractivity contribution in [3.05, 3.63) is 94.8 Å². The molecule has 2 heterocycles. The predicted octanol–water partition coefficient (Wildman–Crippen LogP) is 6.33. The van der Waals surface area contributed by atoms with Crippen LogP contribution in [0.15, 0.2) is 67.0 Å². The van der Waals surface area contributed by atoms with E-state index in [2.05, 4.69) is 67.9 Å². The van der Waals surface area contributed by atoms with Gasteiger partial charge in [0.15, 0.2) is 8.32 Å². The van der Waals surface area contributed by atoms with E-state index in [0.717, 1.165) is 36.1 Å². The molecule has 0 bridgehead atoms. The van der Waals surface area contributed by atoms with Crippen LogP contribution in [0.2, 0.25) is 25.0 Å². The van der Waals surface area contributed by atoms with Gasteiger partial charge in [0.05, 0.1) is 18.8 Å². The van der Waals surface area contributed by atoms with E-state index in [-0.39, 0.29) is 23.2 Å². The Kier molecular flexibility index (Phi) is 10.3. The molecule has 0 aliphatic carbocycles. The van der Waals surface area contributed by atoms with Gasteiger partial charge in [-0.3, -0.25) is 4.98 Å². The van der Waals surface area contributed by atoms with Crippen LogP contribution in [0.1, 0.15) is 65.9 Å². The summed E-state index contributed by atoms with van der Waals surface area (Å²) in [7, 11) is -1.34. The fourth-order valence-electron chi connectivity index (χ4n) is 5.01. The lowest BCUT2D eigenvalue weighted by molar-refractivity contribution is 0.0600. The minimum Gasteiger partial charge on any atom is -0.489 e.